The molecule has 0 radical (unpaired) electrons. The van der Waals surface area contributed by atoms with Gasteiger partial charge in [0.15, 0.2) is 0 Å². The Balaban J connectivity index is 2.77. The third kappa shape index (κ3) is 3.21. The standard InChI is InChI=1S/C12H26OSi2/c1-11-9-7-8-10-12(11)13-15(5,6)14(2,3)4/h7-10H2,1-6H3. The fourth-order valence-corrected chi connectivity index (χ4v) is 4.11. The molecule has 0 heterocycles. The fourth-order valence-electron chi connectivity index (χ4n) is 1.63. The second kappa shape index (κ2) is 4.46. The summed E-state index contributed by atoms with van der Waals surface area (Å²) in [6.07, 6.45) is 5.12. The Hall–Kier alpha value is -0.0262. The average molecular weight is 243 g/mol. The molecule has 0 amide bonds. The lowest BCUT2D eigenvalue weighted by Gasteiger charge is -2.37. The summed E-state index contributed by atoms with van der Waals surface area (Å²) in [6, 6.07) is 0. The van der Waals surface area contributed by atoms with Crippen LogP contribution in [0.25, 0.3) is 0 Å². The molecule has 0 N–H and O–H groups in total. The summed E-state index contributed by atoms with van der Waals surface area (Å²) < 4.78 is 6.44. The van der Waals surface area contributed by atoms with Gasteiger partial charge in [-0.05, 0) is 44.9 Å². The van der Waals surface area contributed by atoms with Gasteiger partial charge in [-0.15, -0.1) is 0 Å². The molecule has 0 aromatic carbocycles. The molecule has 0 fully saturated rings. The van der Waals surface area contributed by atoms with Gasteiger partial charge in [-0.2, -0.15) is 0 Å². The van der Waals surface area contributed by atoms with Crippen LogP contribution in [0.2, 0.25) is 32.7 Å². The van der Waals surface area contributed by atoms with E-state index in [-0.39, 0.29) is 0 Å². The summed E-state index contributed by atoms with van der Waals surface area (Å²) in [6.45, 7) is 14.4. The van der Waals surface area contributed by atoms with E-state index in [1.807, 2.05) is 0 Å². The quantitative estimate of drug-likeness (QED) is 0.663. The molecule has 3 heteroatoms. The highest BCUT2D eigenvalue weighted by molar-refractivity contribution is 7.37. The van der Waals surface area contributed by atoms with E-state index in [2.05, 4.69) is 39.7 Å². The van der Waals surface area contributed by atoms with Crippen LogP contribution >= 0.6 is 0 Å². The first-order chi connectivity index (χ1) is 6.74. The van der Waals surface area contributed by atoms with E-state index >= 15 is 0 Å². The summed E-state index contributed by atoms with van der Waals surface area (Å²) in [5.41, 5.74) is 1.51. The van der Waals surface area contributed by atoms with Gasteiger partial charge in [0, 0.05) is 6.42 Å². The number of hydrogen-bond acceptors (Lipinski definition) is 1. The van der Waals surface area contributed by atoms with Gasteiger partial charge in [0.05, 0.1) is 13.4 Å². The van der Waals surface area contributed by atoms with Crippen molar-refractivity contribution in [3.05, 3.63) is 11.3 Å². The van der Waals surface area contributed by atoms with Gasteiger partial charge >= 0.3 is 0 Å². The van der Waals surface area contributed by atoms with Crippen LogP contribution in [-0.2, 0) is 4.43 Å². The Morgan fingerprint density at radius 2 is 1.47 bits per heavy atom. The number of hydrogen-bond donors (Lipinski definition) is 0. The third-order valence-electron chi connectivity index (χ3n) is 3.87. The van der Waals surface area contributed by atoms with E-state index in [9.17, 15) is 0 Å². The molecule has 1 aliphatic rings. The van der Waals surface area contributed by atoms with E-state index in [0.29, 0.717) is 0 Å². The minimum Gasteiger partial charge on any atom is -0.550 e. The summed E-state index contributed by atoms with van der Waals surface area (Å²) in [7, 11) is -2.57. The number of rotatable bonds is 3. The van der Waals surface area contributed by atoms with Crippen molar-refractivity contribution in [2.24, 2.45) is 0 Å². The Kier molecular flexibility index (Phi) is 3.87. The topological polar surface area (TPSA) is 9.23 Å². The maximum atomic E-state index is 6.44. The van der Waals surface area contributed by atoms with Crippen molar-refractivity contribution in [1.29, 1.82) is 0 Å². The van der Waals surface area contributed by atoms with E-state index in [1.165, 1.54) is 37.0 Å². The maximum Gasteiger partial charge on any atom is 0.228 e. The second-order valence-corrected chi connectivity index (χ2v) is 22.1. The van der Waals surface area contributed by atoms with Gasteiger partial charge in [-0.3, -0.25) is 0 Å². The first kappa shape index (κ1) is 13.0. The van der Waals surface area contributed by atoms with E-state index in [0.717, 1.165) is 0 Å². The van der Waals surface area contributed by atoms with Crippen molar-refractivity contribution < 1.29 is 4.43 Å². The Morgan fingerprint density at radius 1 is 0.933 bits per heavy atom. The SMILES string of the molecule is CC1=C(O[Si](C)(C)[Si](C)(C)C)CCCC1. The van der Waals surface area contributed by atoms with Crippen molar-refractivity contribution in [2.45, 2.75) is 65.3 Å². The smallest absolute Gasteiger partial charge is 0.228 e. The Labute approximate surface area is 96.8 Å². The molecule has 0 aromatic rings. The largest absolute Gasteiger partial charge is 0.550 e. The zero-order valence-corrected chi connectivity index (χ0v) is 13.2. The highest BCUT2D eigenvalue weighted by Crippen LogP contribution is 2.30. The minimum absolute atomic E-state index is 1.12. The first-order valence-electron chi connectivity index (χ1n) is 6.12. The highest BCUT2D eigenvalue weighted by atomic mass is 29.3. The van der Waals surface area contributed by atoms with Gasteiger partial charge in [-0.1, -0.05) is 19.6 Å². The minimum atomic E-state index is -1.45. The van der Waals surface area contributed by atoms with Crippen LogP contribution in [0.15, 0.2) is 11.3 Å². The van der Waals surface area contributed by atoms with Gasteiger partial charge in [0.2, 0.25) is 7.83 Å². The molecular formula is C12H26OSi2. The summed E-state index contributed by atoms with van der Waals surface area (Å²) in [5, 5.41) is 0. The molecule has 0 bridgehead atoms. The van der Waals surface area contributed by atoms with Crippen LogP contribution < -0.4 is 0 Å². The van der Waals surface area contributed by atoms with Crippen molar-refractivity contribution in [1.82, 2.24) is 0 Å². The molecule has 0 saturated heterocycles. The van der Waals surface area contributed by atoms with Crippen molar-refractivity contribution in [2.75, 3.05) is 0 Å². The summed E-state index contributed by atoms with van der Waals surface area (Å²) >= 11 is 0. The summed E-state index contributed by atoms with van der Waals surface area (Å²) in [5.74, 6) is 1.35. The normalized spacial score (nSPS) is 19.3. The van der Waals surface area contributed by atoms with Crippen molar-refractivity contribution >= 4 is 15.4 Å². The van der Waals surface area contributed by atoms with Gasteiger partial charge < -0.3 is 4.43 Å². The molecule has 1 rings (SSSR count). The first-order valence-corrected chi connectivity index (χ1v) is 13.5. The van der Waals surface area contributed by atoms with E-state index in [4.69, 9.17) is 4.43 Å². The Morgan fingerprint density at radius 3 is 1.93 bits per heavy atom. The molecule has 0 atom stereocenters. The molecule has 0 aromatic heterocycles. The molecular weight excluding hydrogens is 216 g/mol. The van der Waals surface area contributed by atoms with Crippen LogP contribution in [0.1, 0.15) is 32.6 Å². The molecule has 1 nitrogen and oxygen atoms in total. The van der Waals surface area contributed by atoms with Crippen LogP contribution in [0.4, 0.5) is 0 Å². The van der Waals surface area contributed by atoms with Crippen LogP contribution in [0.5, 0.6) is 0 Å². The zero-order chi connectivity index (χ0) is 11.7. The molecule has 15 heavy (non-hydrogen) atoms. The van der Waals surface area contributed by atoms with E-state index in [1.54, 1.807) is 0 Å². The molecule has 0 spiro atoms. The molecule has 0 unspecified atom stereocenters. The van der Waals surface area contributed by atoms with Gasteiger partial charge in [0.1, 0.15) is 0 Å². The predicted octanol–water partition coefficient (Wildman–Crippen LogP) is 4.47. The maximum absolute atomic E-state index is 6.44. The molecule has 0 aliphatic heterocycles. The predicted molar refractivity (Wildman–Crippen MR) is 73.1 cm³/mol. The van der Waals surface area contributed by atoms with Crippen LogP contribution in [-0.4, -0.2) is 15.4 Å². The fraction of sp³-hybridized carbons (Fsp3) is 0.833. The van der Waals surface area contributed by atoms with E-state index < -0.39 is 15.4 Å². The Bertz CT molecular complexity index is 261. The van der Waals surface area contributed by atoms with Crippen molar-refractivity contribution in [3.8, 4) is 0 Å². The van der Waals surface area contributed by atoms with Crippen LogP contribution in [0, 0.1) is 0 Å². The third-order valence-corrected chi connectivity index (χ3v) is 19.4. The highest BCUT2D eigenvalue weighted by Gasteiger charge is 2.41. The molecule has 88 valence electrons. The lowest BCUT2D eigenvalue weighted by atomic mass is 9.99. The van der Waals surface area contributed by atoms with Gasteiger partial charge in [-0.25, -0.2) is 0 Å². The summed E-state index contributed by atoms with van der Waals surface area (Å²) in [4.78, 5) is 0. The monoisotopic (exact) mass is 242 g/mol. The zero-order valence-electron chi connectivity index (χ0n) is 11.2. The lowest BCUT2D eigenvalue weighted by molar-refractivity contribution is 0.377. The van der Waals surface area contributed by atoms with Crippen LogP contribution in [0.3, 0.4) is 0 Å². The molecule has 1 aliphatic carbocycles. The second-order valence-electron chi connectivity index (χ2n) is 6.27. The molecule has 0 saturated carbocycles. The average Bonchev–Trinajstić information content (AvgIpc) is 2.06. The van der Waals surface area contributed by atoms with Gasteiger partial charge in [0.25, 0.3) is 0 Å². The number of allylic oxidation sites excluding steroid dienone is 2. The van der Waals surface area contributed by atoms with Crippen molar-refractivity contribution in [3.63, 3.8) is 0 Å². The lowest BCUT2D eigenvalue weighted by Crippen LogP contribution is -2.54.